The number of nitrogens with zero attached hydrogens (tertiary/aromatic N) is 2. The van der Waals surface area contributed by atoms with Crippen molar-refractivity contribution in [3.63, 3.8) is 0 Å². The maximum absolute atomic E-state index is 12.2. The summed E-state index contributed by atoms with van der Waals surface area (Å²) in [5.41, 5.74) is 1.88. The zero-order chi connectivity index (χ0) is 20.9. The van der Waals surface area contributed by atoms with Gasteiger partial charge in [-0.1, -0.05) is 5.16 Å². The number of aromatic nitrogens is 1. The topological polar surface area (TPSA) is 84.7 Å². The Morgan fingerprint density at radius 3 is 2.39 bits per heavy atom. The molecule has 0 spiro atoms. The Balaban J connectivity index is 1.82. The van der Waals surface area contributed by atoms with Gasteiger partial charge >= 0.3 is 6.36 Å². The fraction of sp³-hybridized carbons (Fsp3) is 0.389. The highest BCUT2D eigenvalue weighted by Gasteiger charge is 2.31. The van der Waals surface area contributed by atoms with Crippen molar-refractivity contribution in [3.05, 3.63) is 41.3 Å². The number of halogens is 3. The van der Waals surface area contributed by atoms with E-state index in [4.69, 9.17) is 4.52 Å². The molecule has 0 unspecified atom stereocenters. The fourth-order valence-electron chi connectivity index (χ4n) is 2.53. The molecule has 2 amide bonds. The van der Waals surface area contributed by atoms with E-state index >= 15 is 0 Å². The van der Waals surface area contributed by atoms with Crippen LogP contribution in [0, 0.1) is 13.8 Å². The number of amides is 2. The van der Waals surface area contributed by atoms with E-state index in [1.54, 1.807) is 13.8 Å². The van der Waals surface area contributed by atoms with Gasteiger partial charge in [0, 0.05) is 24.7 Å². The van der Waals surface area contributed by atoms with E-state index in [1.165, 1.54) is 24.1 Å². The minimum absolute atomic E-state index is 0.191. The highest BCUT2D eigenvalue weighted by Crippen LogP contribution is 2.24. The Morgan fingerprint density at radius 1 is 1.21 bits per heavy atom. The van der Waals surface area contributed by atoms with Crippen LogP contribution in [0.2, 0.25) is 0 Å². The molecule has 7 nitrogen and oxygen atoms in total. The van der Waals surface area contributed by atoms with Crippen molar-refractivity contribution < 1.29 is 32.0 Å². The van der Waals surface area contributed by atoms with Crippen molar-refractivity contribution in [1.82, 2.24) is 10.1 Å². The van der Waals surface area contributed by atoms with Gasteiger partial charge in [-0.2, -0.15) is 0 Å². The number of likely N-dealkylation sites (N-methyl/N-ethyl adjacent to an activating group) is 1. The molecule has 0 radical (unpaired) electrons. The molecule has 0 bridgehead atoms. The van der Waals surface area contributed by atoms with Crippen LogP contribution in [0.15, 0.2) is 28.8 Å². The summed E-state index contributed by atoms with van der Waals surface area (Å²) in [6.45, 7) is 3.36. The first-order valence-electron chi connectivity index (χ1n) is 8.36. The lowest BCUT2D eigenvalue weighted by Gasteiger charge is -2.17. The molecule has 1 heterocycles. The third-order valence-electron chi connectivity index (χ3n) is 3.95. The molecule has 0 aliphatic heterocycles. The molecule has 0 saturated carbocycles. The number of benzene rings is 1. The van der Waals surface area contributed by atoms with Crippen LogP contribution in [0.25, 0.3) is 0 Å². The molecule has 0 aliphatic rings. The van der Waals surface area contributed by atoms with Gasteiger partial charge in [0.15, 0.2) is 0 Å². The van der Waals surface area contributed by atoms with Gasteiger partial charge in [0.2, 0.25) is 11.8 Å². The first kappa shape index (κ1) is 21.3. The predicted octanol–water partition coefficient (Wildman–Crippen LogP) is 3.22. The number of carbonyl (C=O) groups excluding carboxylic acids is 2. The van der Waals surface area contributed by atoms with Crippen LogP contribution in [0.3, 0.4) is 0 Å². The number of anilines is 1. The molecular formula is C18H20F3N3O4. The van der Waals surface area contributed by atoms with Crippen LogP contribution in [0.5, 0.6) is 5.75 Å². The summed E-state index contributed by atoms with van der Waals surface area (Å²) in [6, 6.07) is 4.72. The van der Waals surface area contributed by atoms with Crippen molar-refractivity contribution in [1.29, 1.82) is 0 Å². The molecule has 10 heteroatoms. The zero-order valence-electron chi connectivity index (χ0n) is 15.6. The van der Waals surface area contributed by atoms with Crippen LogP contribution in [0.1, 0.15) is 23.4 Å². The molecule has 28 heavy (non-hydrogen) atoms. The number of ether oxygens (including phenoxy) is 1. The summed E-state index contributed by atoms with van der Waals surface area (Å²) >= 11 is 0. The Hall–Kier alpha value is -3.04. The molecular weight excluding hydrogens is 379 g/mol. The van der Waals surface area contributed by atoms with Crippen LogP contribution in [0.4, 0.5) is 18.9 Å². The third kappa shape index (κ3) is 6.29. The third-order valence-corrected chi connectivity index (χ3v) is 3.95. The Kier molecular flexibility index (Phi) is 6.66. The van der Waals surface area contributed by atoms with Gasteiger partial charge in [0.05, 0.1) is 12.2 Å². The van der Waals surface area contributed by atoms with Crippen molar-refractivity contribution in [2.45, 2.75) is 33.1 Å². The number of hydrogen-bond acceptors (Lipinski definition) is 5. The first-order valence-corrected chi connectivity index (χ1v) is 8.36. The van der Waals surface area contributed by atoms with Crippen molar-refractivity contribution in [3.8, 4) is 5.75 Å². The minimum atomic E-state index is -4.78. The number of nitrogens with one attached hydrogen (secondary N) is 1. The largest absolute Gasteiger partial charge is 0.573 e. The molecule has 2 aromatic rings. The Bertz CT molecular complexity index is 812. The summed E-state index contributed by atoms with van der Waals surface area (Å²) in [7, 11) is 1.50. The number of alkyl halides is 3. The fourth-order valence-corrected chi connectivity index (χ4v) is 2.53. The van der Waals surface area contributed by atoms with Gasteiger partial charge in [-0.25, -0.2) is 0 Å². The molecule has 1 N–H and O–H groups in total. The van der Waals surface area contributed by atoms with Crippen molar-refractivity contribution >= 4 is 17.5 Å². The standard InChI is InChI=1S/C18H20F3N3O4/c1-11-15(12(2)28-23-11)8-9-17(26)24(3)10-16(25)22-13-4-6-14(7-5-13)27-18(19,20)21/h4-7H,8-10H2,1-3H3,(H,22,25). The summed E-state index contributed by atoms with van der Waals surface area (Å²) < 4.78 is 45.2. The number of aryl methyl sites for hydroxylation is 2. The molecule has 0 aliphatic carbocycles. The molecule has 0 atom stereocenters. The molecule has 2 rings (SSSR count). The lowest BCUT2D eigenvalue weighted by Crippen LogP contribution is -2.35. The molecule has 1 aromatic carbocycles. The maximum atomic E-state index is 12.2. The summed E-state index contributed by atoms with van der Waals surface area (Å²) in [5.74, 6) is -0.442. The van der Waals surface area contributed by atoms with Gasteiger partial charge in [0.25, 0.3) is 0 Å². The van der Waals surface area contributed by atoms with Crippen LogP contribution >= 0.6 is 0 Å². The second kappa shape index (κ2) is 8.77. The van der Waals surface area contributed by atoms with Gasteiger partial charge in [-0.05, 0) is 44.5 Å². The molecule has 0 saturated heterocycles. The van der Waals surface area contributed by atoms with E-state index < -0.39 is 18.0 Å². The van der Waals surface area contributed by atoms with E-state index in [2.05, 4.69) is 15.2 Å². The van der Waals surface area contributed by atoms with E-state index in [0.29, 0.717) is 12.2 Å². The second-order valence-corrected chi connectivity index (χ2v) is 6.17. The highest BCUT2D eigenvalue weighted by molar-refractivity contribution is 5.94. The summed E-state index contributed by atoms with van der Waals surface area (Å²) in [5, 5.41) is 6.34. The van der Waals surface area contributed by atoms with Gasteiger partial charge < -0.3 is 19.5 Å². The van der Waals surface area contributed by atoms with Gasteiger partial charge in [-0.3, -0.25) is 9.59 Å². The van der Waals surface area contributed by atoms with E-state index in [-0.39, 0.29) is 24.6 Å². The first-order chi connectivity index (χ1) is 13.0. The summed E-state index contributed by atoms with van der Waals surface area (Å²) in [6.07, 6.45) is -4.14. The number of carbonyl (C=O) groups is 2. The predicted molar refractivity (Wildman–Crippen MR) is 93.7 cm³/mol. The number of hydrogen-bond donors (Lipinski definition) is 1. The van der Waals surface area contributed by atoms with Crippen molar-refractivity contribution in [2.75, 3.05) is 18.9 Å². The SMILES string of the molecule is Cc1noc(C)c1CCC(=O)N(C)CC(=O)Nc1ccc(OC(F)(F)F)cc1. The van der Waals surface area contributed by atoms with Crippen LogP contribution in [-0.4, -0.2) is 41.8 Å². The van der Waals surface area contributed by atoms with Crippen LogP contribution < -0.4 is 10.1 Å². The van der Waals surface area contributed by atoms with E-state index in [1.807, 2.05) is 0 Å². The lowest BCUT2D eigenvalue weighted by molar-refractivity contribution is -0.274. The molecule has 0 fully saturated rings. The van der Waals surface area contributed by atoms with Crippen LogP contribution in [-0.2, 0) is 16.0 Å². The average Bonchev–Trinajstić information content (AvgIpc) is 2.91. The Labute approximate surface area is 159 Å². The normalized spacial score (nSPS) is 11.2. The van der Waals surface area contributed by atoms with Gasteiger partial charge in [-0.15, -0.1) is 13.2 Å². The second-order valence-electron chi connectivity index (χ2n) is 6.17. The molecule has 152 valence electrons. The Morgan fingerprint density at radius 2 is 1.86 bits per heavy atom. The van der Waals surface area contributed by atoms with E-state index in [0.717, 1.165) is 23.4 Å². The zero-order valence-corrected chi connectivity index (χ0v) is 15.6. The quantitative estimate of drug-likeness (QED) is 0.773. The highest BCUT2D eigenvalue weighted by atomic mass is 19.4. The maximum Gasteiger partial charge on any atom is 0.573 e. The molecule has 1 aromatic heterocycles. The number of rotatable bonds is 7. The van der Waals surface area contributed by atoms with E-state index in [9.17, 15) is 22.8 Å². The monoisotopic (exact) mass is 399 g/mol. The average molecular weight is 399 g/mol. The van der Waals surface area contributed by atoms with Gasteiger partial charge in [0.1, 0.15) is 11.5 Å². The van der Waals surface area contributed by atoms with Crippen molar-refractivity contribution in [2.24, 2.45) is 0 Å². The minimum Gasteiger partial charge on any atom is -0.406 e. The lowest BCUT2D eigenvalue weighted by atomic mass is 10.1. The summed E-state index contributed by atoms with van der Waals surface area (Å²) in [4.78, 5) is 25.5. The smallest absolute Gasteiger partial charge is 0.406 e.